The maximum absolute atomic E-state index is 12.9. The lowest BCUT2D eigenvalue weighted by molar-refractivity contribution is 0.102. The number of hydrogen-bond acceptors (Lipinski definition) is 4. The lowest BCUT2D eigenvalue weighted by atomic mass is 10.1. The summed E-state index contributed by atoms with van der Waals surface area (Å²) >= 11 is 0. The molecule has 1 saturated carbocycles. The number of nitrogens with zero attached hydrogens (tertiary/aromatic N) is 3. The van der Waals surface area contributed by atoms with Gasteiger partial charge in [0.2, 0.25) is 0 Å². The Morgan fingerprint density at radius 1 is 1.36 bits per heavy atom. The molecule has 0 saturated heterocycles. The van der Waals surface area contributed by atoms with Gasteiger partial charge >= 0.3 is 0 Å². The first-order valence-corrected chi connectivity index (χ1v) is 8.44. The first-order valence-electron chi connectivity index (χ1n) is 8.44. The van der Waals surface area contributed by atoms with E-state index >= 15 is 0 Å². The SMILES string of the molecule is Cc1cc(C(=O)Nc2ccccc2OCC2CC2)c2cnn(C)c2n1. The number of nitrogens with one attached hydrogen (secondary N) is 1. The number of para-hydroxylation sites is 2. The van der Waals surface area contributed by atoms with Gasteiger partial charge in [-0.2, -0.15) is 5.10 Å². The Bertz CT molecular complexity index is 944. The van der Waals surface area contributed by atoms with Crippen LogP contribution in [0.4, 0.5) is 5.69 Å². The monoisotopic (exact) mass is 336 g/mol. The smallest absolute Gasteiger partial charge is 0.256 e. The molecule has 0 radical (unpaired) electrons. The molecule has 3 aromatic rings. The first-order chi connectivity index (χ1) is 12.1. The van der Waals surface area contributed by atoms with Gasteiger partial charge in [0, 0.05) is 12.7 Å². The highest BCUT2D eigenvalue weighted by Gasteiger charge is 2.23. The Morgan fingerprint density at radius 3 is 2.96 bits per heavy atom. The number of carbonyl (C=O) groups is 1. The summed E-state index contributed by atoms with van der Waals surface area (Å²) in [4.78, 5) is 17.3. The number of aryl methyl sites for hydroxylation is 2. The molecule has 1 amide bonds. The molecule has 1 aromatic carbocycles. The topological polar surface area (TPSA) is 69.0 Å². The highest BCUT2D eigenvalue weighted by Crippen LogP contribution is 2.32. The third kappa shape index (κ3) is 3.20. The molecular formula is C19H20N4O2. The molecule has 1 aliphatic rings. The molecule has 128 valence electrons. The van der Waals surface area contributed by atoms with E-state index in [1.807, 2.05) is 38.2 Å². The fourth-order valence-electron chi connectivity index (χ4n) is 2.81. The van der Waals surface area contributed by atoms with E-state index in [1.165, 1.54) is 12.8 Å². The quantitative estimate of drug-likeness (QED) is 0.776. The van der Waals surface area contributed by atoms with Crippen LogP contribution in [0.25, 0.3) is 11.0 Å². The summed E-state index contributed by atoms with van der Waals surface area (Å²) in [7, 11) is 1.82. The Hall–Kier alpha value is -2.89. The van der Waals surface area contributed by atoms with E-state index in [9.17, 15) is 4.79 Å². The van der Waals surface area contributed by atoms with Gasteiger partial charge in [0.1, 0.15) is 5.75 Å². The van der Waals surface area contributed by atoms with E-state index in [2.05, 4.69) is 15.4 Å². The van der Waals surface area contributed by atoms with Gasteiger partial charge < -0.3 is 10.1 Å². The number of benzene rings is 1. The van der Waals surface area contributed by atoms with Crippen molar-refractivity contribution < 1.29 is 9.53 Å². The van der Waals surface area contributed by atoms with Gasteiger partial charge in [0.05, 0.1) is 29.4 Å². The lowest BCUT2D eigenvalue weighted by Crippen LogP contribution is -2.14. The van der Waals surface area contributed by atoms with Crippen LogP contribution in [0.2, 0.25) is 0 Å². The van der Waals surface area contributed by atoms with Gasteiger partial charge in [-0.25, -0.2) is 4.98 Å². The number of pyridine rings is 1. The minimum absolute atomic E-state index is 0.189. The highest BCUT2D eigenvalue weighted by molar-refractivity contribution is 6.12. The molecule has 0 unspecified atom stereocenters. The van der Waals surface area contributed by atoms with Crippen molar-refractivity contribution in [2.24, 2.45) is 13.0 Å². The van der Waals surface area contributed by atoms with Crippen LogP contribution in [0.3, 0.4) is 0 Å². The third-order valence-corrected chi connectivity index (χ3v) is 4.38. The maximum atomic E-state index is 12.9. The number of carbonyl (C=O) groups excluding carboxylic acids is 1. The average molecular weight is 336 g/mol. The van der Waals surface area contributed by atoms with Crippen LogP contribution in [-0.4, -0.2) is 27.3 Å². The molecule has 4 rings (SSSR count). The van der Waals surface area contributed by atoms with E-state index in [1.54, 1.807) is 16.9 Å². The number of amides is 1. The summed E-state index contributed by atoms with van der Waals surface area (Å²) < 4.78 is 7.54. The van der Waals surface area contributed by atoms with Crippen molar-refractivity contribution in [2.45, 2.75) is 19.8 Å². The summed E-state index contributed by atoms with van der Waals surface area (Å²) in [6.07, 6.45) is 4.12. The van der Waals surface area contributed by atoms with Crippen molar-refractivity contribution in [1.29, 1.82) is 0 Å². The van der Waals surface area contributed by atoms with Gasteiger partial charge in [0.15, 0.2) is 5.65 Å². The van der Waals surface area contributed by atoms with Gasteiger partial charge in [0.25, 0.3) is 5.91 Å². The number of hydrogen-bond donors (Lipinski definition) is 1. The molecular weight excluding hydrogens is 316 g/mol. The molecule has 0 spiro atoms. The molecule has 2 aromatic heterocycles. The van der Waals surface area contributed by atoms with Crippen LogP contribution < -0.4 is 10.1 Å². The molecule has 1 N–H and O–H groups in total. The minimum atomic E-state index is -0.189. The lowest BCUT2D eigenvalue weighted by Gasteiger charge is -2.13. The minimum Gasteiger partial charge on any atom is -0.491 e. The summed E-state index contributed by atoms with van der Waals surface area (Å²) in [6.45, 7) is 2.57. The highest BCUT2D eigenvalue weighted by atomic mass is 16.5. The molecule has 25 heavy (non-hydrogen) atoms. The van der Waals surface area contributed by atoms with Crippen LogP contribution in [0.5, 0.6) is 5.75 Å². The van der Waals surface area contributed by atoms with Crippen LogP contribution >= 0.6 is 0 Å². The van der Waals surface area contributed by atoms with Crippen molar-refractivity contribution in [3.8, 4) is 5.75 Å². The van der Waals surface area contributed by atoms with E-state index in [4.69, 9.17) is 4.74 Å². The zero-order valence-electron chi connectivity index (χ0n) is 14.3. The second-order valence-electron chi connectivity index (χ2n) is 6.52. The van der Waals surface area contributed by atoms with Crippen molar-refractivity contribution in [3.63, 3.8) is 0 Å². The van der Waals surface area contributed by atoms with Crippen LogP contribution in [0, 0.1) is 12.8 Å². The maximum Gasteiger partial charge on any atom is 0.256 e. The Balaban J connectivity index is 1.62. The number of aromatic nitrogens is 3. The van der Waals surface area contributed by atoms with E-state index in [0.29, 0.717) is 35.2 Å². The molecule has 0 atom stereocenters. The second kappa shape index (κ2) is 6.20. The number of rotatable bonds is 5. The van der Waals surface area contributed by atoms with Crippen LogP contribution in [0.1, 0.15) is 28.9 Å². The summed E-state index contributed by atoms with van der Waals surface area (Å²) in [5.74, 6) is 1.17. The zero-order valence-corrected chi connectivity index (χ0v) is 14.3. The molecule has 1 aliphatic carbocycles. The molecule has 2 heterocycles. The fraction of sp³-hybridized carbons (Fsp3) is 0.316. The Morgan fingerprint density at radius 2 is 2.16 bits per heavy atom. The van der Waals surface area contributed by atoms with Crippen molar-refractivity contribution >= 4 is 22.6 Å². The molecule has 6 heteroatoms. The zero-order chi connectivity index (χ0) is 17.4. The summed E-state index contributed by atoms with van der Waals surface area (Å²) in [5, 5.41) is 7.92. The van der Waals surface area contributed by atoms with Gasteiger partial charge in [-0.1, -0.05) is 12.1 Å². The van der Waals surface area contributed by atoms with E-state index in [-0.39, 0.29) is 5.91 Å². The van der Waals surface area contributed by atoms with Crippen LogP contribution in [0.15, 0.2) is 36.5 Å². The molecule has 1 fully saturated rings. The first kappa shape index (κ1) is 15.6. The van der Waals surface area contributed by atoms with E-state index < -0.39 is 0 Å². The van der Waals surface area contributed by atoms with Gasteiger partial charge in [-0.05, 0) is 43.9 Å². The summed E-state index contributed by atoms with van der Waals surface area (Å²) in [6, 6.07) is 9.32. The van der Waals surface area contributed by atoms with E-state index in [0.717, 1.165) is 11.1 Å². The Labute approximate surface area is 145 Å². The molecule has 0 aliphatic heterocycles. The standard InChI is InChI=1S/C19H20N4O2/c1-12-9-14(15-10-20-23(2)18(15)21-12)19(24)22-16-5-3-4-6-17(16)25-11-13-7-8-13/h3-6,9-10,13H,7-8,11H2,1-2H3,(H,22,24). The van der Waals surface area contributed by atoms with Gasteiger partial charge in [-0.15, -0.1) is 0 Å². The normalized spacial score (nSPS) is 13.8. The number of anilines is 1. The largest absolute Gasteiger partial charge is 0.491 e. The second-order valence-corrected chi connectivity index (χ2v) is 6.52. The number of ether oxygens (including phenoxy) is 1. The fourth-order valence-corrected chi connectivity index (χ4v) is 2.81. The van der Waals surface area contributed by atoms with Crippen molar-refractivity contribution in [3.05, 3.63) is 47.8 Å². The Kier molecular flexibility index (Phi) is 3.87. The van der Waals surface area contributed by atoms with Crippen molar-refractivity contribution in [2.75, 3.05) is 11.9 Å². The molecule has 6 nitrogen and oxygen atoms in total. The van der Waals surface area contributed by atoms with Gasteiger partial charge in [-0.3, -0.25) is 9.48 Å². The summed E-state index contributed by atoms with van der Waals surface area (Å²) in [5.41, 5.74) is 2.72. The van der Waals surface area contributed by atoms with Crippen LogP contribution in [-0.2, 0) is 7.05 Å². The van der Waals surface area contributed by atoms with Crippen molar-refractivity contribution in [1.82, 2.24) is 14.8 Å². The number of fused-ring (bicyclic) bond motifs is 1. The third-order valence-electron chi connectivity index (χ3n) is 4.38. The molecule has 0 bridgehead atoms. The predicted molar refractivity (Wildman–Crippen MR) is 95.9 cm³/mol. The predicted octanol–water partition coefficient (Wildman–Crippen LogP) is 3.32. The average Bonchev–Trinajstić information content (AvgIpc) is 3.36.